The lowest BCUT2D eigenvalue weighted by molar-refractivity contribution is -0.151. The summed E-state index contributed by atoms with van der Waals surface area (Å²) >= 11 is 0. The number of carbonyl (C=O) groups excluding carboxylic acids is 4. The Morgan fingerprint density at radius 2 is 1.53 bits per heavy atom. The molecule has 0 bridgehead atoms. The number of likely N-dealkylation sites (N-methyl/N-ethyl adjacent to an activating group) is 1. The van der Waals surface area contributed by atoms with Crippen molar-refractivity contribution in [1.29, 1.82) is 0 Å². The minimum atomic E-state index is -1.53. The average Bonchev–Trinajstić information content (AvgIpc) is 3.65. The lowest BCUT2D eigenvalue weighted by atomic mass is 9.94. The first-order valence-electron chi connectivity index (χ1n) is 18.9. The number of carboxylic acids is 1. The zero-order valence-corrected chi connectivity index (χ0v) is 31.6. The number of aliphatic hydroxyl groups is 1. The summed E-state index contributed by atoms with van der Waals surface area (Å²) in [6, 6.07) is 9.96. The van der Waals surface area contributed by atoms with Crippen molar-refractivity contribution < 1.29 is 39.3 Å². The number of likely N-dealkylation sites (tertiary alicyclic amines) is 1. The Bertz CT molecular complexity index is 1490. The Morgan fingerprint density at radius 1 is 0.906 bits per heavy atom. The van der Waals surface area contributed by atoms with Crippen LogP contribution in [0.2, 0.25) is 0 Å². The van der Waals surface area contributed by atoms with E-state index >= 15 is 0 Å². The molecule has 3 rings (SSSR count). The molecule has 4 amide bonds. The Morgan fingerprint density at radius 3 is 2.15 bits per heavy atom. The number of nitrogens with zero attached hydrogens (tertiary/aromatic N) is 2. The molecule has 7 unspecified atom stereocenters. The van der Waals surface area contributed by atoms with E-state index in [1.165, 1.54) is 29.0 Å². The van der Waals surface area contributed by atoms with Gasteiger partial charge in [0.25, 0.3) is 5.91 Å². The van der Waals surface area contributed by atoms with Crippen molar-refractivity contribution in [3.63, 3.8) is 0 Å². The van der Waals surface area contributed by atoms with Gasteiger partial charge in [-0.05, 0) is 48.4 Å². The zero-order chi connectivity index (χ0) is 39.1. The van der Waals surface area contributed by atoms with Crippen LogP contribution in [0, 0.1) is 5.92 Å². The third-order valence-corrected chi connectivity index (χ3v) is 10.2. The van der Waals surface area contributed by atoms with Gasteiger partial charge < -0.3 is 41.5 Å². The van der Waals surface area contributed by atoms with Crippen LogP contribution in [-0.2, 0) is 36.8 Å². The van der Waals surface area contributed by atoms with Crippen LogP contribution in [0.25, 0.3) is 0 Å². The van der Waals surface area contributed by atoms with Gasteiger partial charge in [-0.15, -0.1) is 0 Å². The molecule has 0 aromatic heterocycles. The highest BCUT2D eigenvalue weighted by Crippen LogP contribution is 2.25. The fourth-order valence-corrected chi connectivity index (χ4v) is 6.85. The highest BCUT2D eigenvalue weighted by molar-refractivity contribution is 5.96. The first-order chi connectivity index (χ1) is 25.3. The van der Waals surface area contributed by atoms with Crippen LogP contribution in [0.4, 0.5) is 0 Å². The normalized spacial score (nSPS) is 17.5. The maximum absolute atomic E-state index is 14.4. The Labute approximate surface area is 313 Å². The Balaban J connectivity index is 1.80. The number of unbranched alkanes of at least 4 members (excludes halogenated alkanes) is 4. The molecule has 1 heterocycles. The molecule has 0 radical (unpaired) electrons. The number of phenolic OH excluding ortho intramolecular Hbond substituents is 1. The highest BCUT2D eigenvalue weighted by atomic mass is 16.4. The monoisotopic (exact) mass is 737 g/mol. The number of hydrogen-bond donors (Lipinski definition) is 6. The van der Waals surface area contributed by atoms with Gasteiger partial charge in [0, 0.05) is 32.5 Å². The van der Waals surface area contributed by atoms with Crippen molar-refractivity contribution in [2.24, 2.45) is 11.7 Å². The van der Waals surface area contributed by atoms with Gasteiger partial charge in [0.2, 0.25) is 17.7 Å². The summed E-state index contributed by atoms with van der Waals surface area (Å²) in [5.41, 5.74) is 7.57. The SMILES string of the molecule is CCCCCCCC(N)C(O)C(=O)NC(Cc1ccccc1)C(=O)N(C)C(C(=O)N1CCCC1C(=O)NC(Cc1ccc(O)cc1)C(=O)O)C(C)CC. The van der Waals surface area contributed by atoms with Gasteiger partial charge >= 0.3 is 5.97 Å². The van der Waals surface area contributed by atoms with Crippen molar-refractivity contribution in [2.75, 3.05) is 13.6 Å². The number of nitrogens with two attached hydrogens (primary N) is 1. The van der Waals surface area contributed by atoms with Crippen LogP contribution >= 0.6 is 0 Å². The first kappa shape index (κ1) is 42.9. The maximum Gasteiger partial charge on any atom is 0.326 e. The van der Waals surface area contributed by atoms with Crippen LogP contribution in [0.5, 0.6) is 5.75 Å². The molecule has 1 aliphatic heterocycles. The second-order valence-corrected chi connectivity index (χ2v) is 14.3. The van der Waals surface area contributed by atoms with Crippen molar-refractivity contribution in [2.45, 2.75) is 128 Å². The number of carboxylic acid groups (broad SMARTS) is 1. The van der Waals surface area contributed by atoms with E-state index in [9.17, 15) is 39.3 Å². The number of nitrogens with one attached hydrogen (secondary N) is 2. The number of benzene rings is 2. The van der Waals surface area contributed by atoms with Gasteiger partial charge in [-0.25, -0.2) is 4.79 Å². The number of aliphatic carboxylic acids is 1. The average molecular weight is 738 g/mol. The number of hydrogen-bond acceptors (Lipinski definition) is 8. The molecule has 7 atom stereocenters. The van der Waals surface area contributed by atoms with E-state index in [0.29, 0.717) is 31.2 Å². The molecule has 2 aromatic carbocycles. The first-order valence-corrected chi connectivity index (χ1v) is 18.9. The smallest absolute Gasteiger partial charge is 0.326 e. The van der Waals surface area contributed by atoms with Crippen molar-refractivity contribution in [3.05, 3.63) is 65.7 Å². The summed E-state index contributed by atoms with van der Waals surface area (Å²) in [6.45, 7) is 6.09. The van der Waals surface area contributed by atoms with Crippen molar-refractivity contribution in [1.82, 2.24) is 20.4 Å². The number of rotatable bonds is 21. The van der Waals surface area contributed by atoms with Gasteiger partial charge in [-0.2, -0.15) is 0 Å². The lowest BCUT2D eigenvalue weighted by Crippen LogP contribution is -2.60. The number of carbonyl (C=O) groups is 5. The summed E-state index contributed by atoms with van der Waals surface area (Å²) in [6.07, 6.45) is 5.30. The van der Waals surface area contributed by atoms with Crippen molar-refractivity contribution >= 4 is 29.6 Å². The minimum Gasteiger partial charge on any atom is -0.508 e. The molecule has 2 aromatic rings. The Kier molecular flexibility index (Phi) is 17.2. The number of aliphatic hydroxyl groups excluding tert-OH is 1. The van der Waals surface area contributed by atoms with Gasteiger partial charge in [-0.3, -0.25) is 19.2 Å². The second-order valence-electron chi connectivity index (χ2n) is 14.3. The van der Waals surface area contributed by atoms with E-state index in [-0.39, 0.29) is 31.1 Å². The lowest BCUT2D eigenvalue weighted by Gasteiger charge is -2.38. The molecular weight excluding hydrogens is 678 g/mol. The summed E-state index contributed by atoms with van der Waals surface area (Å²) in [4.78, 5) is 70.5. The topological polar surface area (TPSA) is 203 Å². The molecule has 0 saturated carbocycles. The molecule has 292 valence electrons. The number of phenols is 1. The fraction of sp³-hybridized carbons (Fsp3) is 0.575. The standard InChI is InChI=1S/C40H59N5O8/c1-5-7-8-9-13-17-30(41)35(47)37(49)42-31(24-27-15-11-10-12-16-27)38(50)44(4)34(26(3)6-2)39(51)45-23-14-18-33(45)36(48)43-32(40(52)53)25-28-19-21-29(46)22-20-28/h10-12,15-16,19-22,26,30-35,46-47H,5-9,13-14,17-18,23-25,41H2,1-4H3,(H,42,49)(H,43,48)(H,52,53). The molecule has 53 heavy (non-hydrogen) atoms. The van der Waals surface area contributed by atoms with Gasteiger partial charge in [0.1, 0.15) is 36.0 Å². The molecule has 1 aliphatic rings. The maximum atomic E-state index is 14.4. The van der Waals surface area contributed by atoms with E-state index in [1.807, 2.05) is 44.2 Å². The van der Waals surface area contributed by atoms with Crippen LogP contribution in [0.1, 0.15) is 89.7 Å². The zero-order valence-electron chi connectivity index (χ0n) is 31.6. The quantitative estimate of drug-likeness (QED) is 0.104. The molecular formula is C40H59N5O8. The summed E-state index contributed by atoms with van der Waals surface area (Å²) < 4.78 is 0. The molecule has 7 N–H and O–H groups in total. The van der Waals surface area contributed by atoms with E-state index < -0.39 is 65.9 Å². The molecule has 1 saturated heterocycles. The van der Waals surface area contributed by atoms with Crippen LogP contribution in [-0.4, -0.2) is 105 Å². The largest absolute Gasteiger partial charge is 0.508 e. The minimum absolute atomic E-state index is 0.0260. The predicted octanol–water partition coefficient (Wildman–Crippen LogP) is 3.14. The number of aromatic hydroxyl groups is 1. The molecule has 1 fully saturated rings. The van der Waals surface area contributed by atoms with Gasteiger partial charge in [0.05, 0.1) is 0 Å². The Hall–Kier alpha value is -4.49. The predicted molar refractivity (Wildman–Crippen MR) is 202 cm³/mol. The van der Waals surface area contributed by atoms with E-state index in [0.717, 1.165) is 37.7 Å². The summed E-state index contributed by atoms with van der Waals surface area (Å²) in [5, 5.41) is 35.6. The van der Waals surface area contributed by atoms with Gasteiger partial charge in [0.15, 0.2) is 0 Å². The van der Waals surface area contributed by atoms with Crippen LogP contribution in [0.3, 0.4) is 0 Å². The number of amides is 4. The van der Waals surface area contributed by atoms with Crippen molar-refractivity contribution in [3.8, 4) is 5.75 Å². The molecule has 0 aliphatic carbocycles. The van der Waals surface area contributed by atoms with E-state index in [4.69, 9.17) is 5.73 Å². The van der Waals surface area contributed by atoms with Gasteiger partial charge in [-0.1, -0.05) is 102 Å². The highest BCUT2D eigenvalue weighted by Gasteiger charge is 2.43. The molecule has 13 nitrogen and oxygen atoms in total. The van der Waals surface area contributed by atoms with Crippen LogP contribution in [0.15, 0.2) is 54.6 Å². The van der Waals surface area contributed by atoms with Crippen LogP contribution < -0.4 is 16.4 Å². The third kappa shape index (κ3) is 12.6. The molecule has 0 spiro atoms. The van der Waals surface area contributed by atoms with E-state index in [2.05, 4.69) is 17.6 Å². The third-order valence-electron chi connectivity index (χ3n) is 10.2. The fourth-order valence-electron chi connectivity index (χ4n) is 6.85. The summed E-state index contributed by atoms with van der Waals surface area (Å²) in [7, 11) is 1.50. The summed E-state index contributed by atoms with van der Waals surface area (Å²) in [5.74, 6) is -3.92. The van der Waals surface area contributed by atoms with E-state index in [1.54, 1.807) is 12.1 Å². The molecule has 13 heteroatoms. The second kappa shape index (κ2) is 21.3.